The normalized spacial score (nSPS) is 12.2. The van der Waals surface area contributed by atoms with Crippen LogP contribution in [0.1, 0.15) is 15.9 Å². The van der Waals surface area contributed by atoms with Crippen LogP contribution in [0.15, 0.2) is 65.7 Å². The van der Waals surface area contributed by atoms with E-state index < -0.39 is 12.3 Å². The first kappa shape index (κ1) is 26.3. The topological polar surface area (TPSA) is 115 Å². The van der Waals surface area contributed by atoms with Crippen LogP contribution >= 0.6 is 23.2 Å². The van der Waals surface area contributed by atoms with Gasteiger partial charge < -0.3 is 13.9 Å². The maximum atomic E-state index is 12.5. The van der Waals surface area contributed by atoms with Crippen molar-refractivity contribution in [3.05, 3.63) is 87.5 Å². The molecule has 0 radical (unpaired) electrons. The van der Waals surface area contributed by atoms with E-state index in [2.05, 4.69) is 35.7 Å². The molecule has 0 fully saturated rings. The smallest absolute Gasteiger partial charge is 0.406 e. The third-order valence-corrected chi connectivity index (χ3v) is 6.37. The Morgan fingerprint density at radius 3 is 2.33 bits per heavy atom. The van der Waals surface area contributed by atoms with E-state index >= 15 is 0 Å². The number of rotatable bonds is 6. The van der Waals surface area contributed by atoms with Crippen LogP contribution in [0.25, 0.3) is 11.0 Å². The Hall–Kier alpha value is -4.36. The lowest BCUT2D eigenvalue weighted by Gasteiger charge is -2.09. The van der Waals surface area contributed by atoms with Crippen LogP contribution in [-0.4, -0.2) is 42.0 Å². The molecule has 0 unspecified atom stereocenters. The molecule has 5 aromatic rings. The Kier molecular flexibility index (Phi) is 7.02. The molecule has 0 saturated heterocycles. The van der Waals surface area contributed by atoms with E-state index in [1.54, 1.807) is 48.0 Å². The van der Waals surface area contributed by atoms with Crippen molar-refractivity contribution in [2.45, 2.75) is 12.9 Å². The molecular formula is C24H17Cl2F3N8O2. The monoisotopic (exact) mass is 576 g/mol. The number of anilines is 1. The summed E-state index contributed by atoms with van der Waals surface area (Å²) < 4.78 is 45.2. The quantitative estimate of drug-likeness (QED) is 0.287. The average Bonchev–Trinajstić information content (AvgIpc) is 3.48. The number of nitrogens with zero attached hydrogens (tertiary/aromatic N) is 6. The zero-order valence-electron chi connectivity index (χ0n) is 19.9. The van der Waals surface area contributed by atoms with Gasteiger partial charge in [0.1, 0.15) is 5.75 Å². The summed E-state index contributed by atoms with van der Waals surface area (Å²) in [5, 5.41) is 16.1. The standard InChI is InChI=1S/C24H17Cl2F3N8O2/c1-36-19-10-17(25)18(26)11-20(19)37(23(36)30-15-6-8-16(9-7-15)39-24(27,28)29)12-13-2-4-14(5-3-13)21(38)31-22-32-34-35-33-22/h2-11H,12H2,1H3,(H2,31,32,33,34,35,38)/b30-23+. The molecule has 0 spiro atoms. The highest BCUT2D eigenvalue weighted by Crippen LogP contribution is 2.28. The van der Waals surface area contributed by atoms with Crippen molar-refractivity contribution in [2.24, 2.45) is 12.0 Å². The summed E-state index contributed by atoms with van der Waals surface area (Å²) in [6.07, 6.45) is -4.79. The van der Waals surface area contributed by atoms with Crippen LogP contribution in [0.3, 0.4) is 0 Å². The van der Waals surface area contributed by atoms with Crippen molar-refractivity contribution in [1.29, 1.82) is 0 Å². The van der Waals surface area contributed by atoms with E-state index in [0.29, 0.717) is 33.5 Å². The number of carbonyl (C=O) groups is 1. The fraction of sp³-hybridized carbons (Fsp3) is 0.125. The summed E-state index contributed by atoms with van der Waals surface area (Å²) in [7, 11) is 1.79. The number of carbonyl (C=O) groups excluding carboxylic acids is 1. The number of amides is 1. The van der Waals surface area contributed by atoms with Gasteiger partial charge in [-0.3, -0.25) is 10.1 Å². The summed E-state index contributed by atoms with van der Waals surface area (Å²) >= 11 is 12.6. The third-order valence-electron chi connectivity index (χ3n) is 5.64. The number of benzene rings is 3. The highest BCUT2D eigenvalue weighted by atomic mass is 35.5. The van der Waals surface area contributed by atoms with Gasteiger partial charge in [0.2, 0.25) is 11.6 Å². The molecular weight excluding hydrogens is 560 g/mol. The van der Waals surface area contributed by atoms with Gasteiger partial charge in [0.05, 0.1) is 33.3 Å². The Balaban J connectivity index is 1.51. The molecule has 0 saturated carbocycles. The van der Waals surface area contributed by atoms with E-state index in [4.69, 9.17) is 23.2 Å². The number of tetrazole rings is 1. The van der Waals surface area contributed by atoms with Crippen molar-refractivity contribution in [3.8, 4) is 5.75 Å². The van der Waals surface area contributed by atoms with Crippen LogP contribution in [-0.2, 0) is 13.6 Å². The van der Waals surface area contributed by atoms with Gasteiger partial charge in [0, 0.05) is 12.6 Å². The highest BCUT2D eigenvalue weighted by molar-refractivity contribution is 6.42. The second-order valence-corrected chi connectivity index (χ2v) is 9.07. The lowest BCUT2D eigenvalue weighted by molar-refractivity contribution is -0.274. The van der Waals surface area contributed by atoms with Gasteiger partial charge in [0.25, 0.3) is 5.91 Å². The minimum absolute atomic E-state index is 0.121. The summed E-state index contributed by atoms with van der Waals surface area (Å²) in [4.78, 5) is 17.1. The number of aromatic amines is 1. The molecule has 5 rings (SSSR count). The zero-order chi connectivity index (χ0) is 27.7. The fourth-order valence-corrected chi connectivity index (χ4v) is 4.19. The number of fused-ring (bicyclic) bond motifs is 1. The van der Waals surface area contributed by atoms with E-state index in [-0.39, 0.29) is 11.7 Å². The first-order chi connectivity index (χ1) is 18.6. The van der Waals surface area contributed by atoms with Crippen molar-refractivity contribution < 1.29 is 22.7 Å². The lowest BCUT2D eigenvalue weighted by atomic mass is 10.1. The van der Waals surface area contributed by atoms with Crippen molar-refractivity contribution >= 4 is 51.8 Å². The van der Waals surface area contributed by atoms with Gasteiger partial charge in [-0.25, -0.2) is 10.1 Å². The second-order valence-electron chi connectivity index (χ2n) is 8.25. The predicted molar refractivity (Wildman–Crippen MR) is 137 cm³/mol. The second kappa shape index (κ2) is 10.4. The van der Waals surface area contributed by atoms with E-state index in [1.165, 1.54) is 24.3 Å². The zero-order valence-corrected chi connectivity index (χ0v) is 21.4. The lowest BCUT2D eigenvalue weighted by Crippen LogP contribution is -2.24. The molecule has 39 heavy (non-hydrogen) atoms. The molecule has 2 N–H and O–H groups in total. The molecule has 2 heterocycles. The fourth-order valence-electron chi connectivity index (χ4n) is 3.87. The Labute approximate surface area is 227 Å². The SMILES string of the molecule is Cn1/c(=N\c2ccc(OC(F)(F)F)cc2)n(Cc2ccc(C(=O)Nc3nnn[nH]3)cc2)c2cc(Cl)c(Cl)cc21. The molecule has 0 bridgehead atoms. The van der Waals surface area contributed by atoms with E-state index in [1.807, 2.05) is 4.57 Å². The molecule has 0 aliphatic heterocycles. The Morgan fingerprint density at radius 1 is 1.05 bits per heavy atom. The van der Waals surface area contributed by atoms with E-state index in [0.717, 1.165) is 16.6 Å². The number of aromatic nitrogens is 6. The minimum atomic E-state index is -4.79. The molecule has 10 nitrogen and oxygen atoms in total. The van der Waals surface area contributed by atoms with Gasteiger partial charge >= 0.3 is 6.36 Å². The van der Waals surface area contributed by atoms with Crippen LogP contribution in [0.4, 0.5) is 24.8 Å². The average molecular weight is 577 g/mol. The highest BCUT2D eigenvalue weighted by Gasteiger charge is 2.31. The number of imidazole rings is 1. The first-order valence-corrected chi connectivity index (χ1v) is 11.9. The number of hydrogen-bond acceptors (Lipinski definition) is 6. The maximum Gasteiger partial charge on any atom is 0.573 e. The van der Waals surface area contributed by atoms with Crippen molar-refractivity contribution in [2.75, 3.05) is 5.32 Å². The number of H-pyrrole nitrogens is 1. The number of ether oxygens (including phenoxy) is 1. The maximum absolute atomic E-state index is 12.5. The van der Waals surface area contributed by atoms with Gasteiger partial charge in [-0.1, -0.05) is 40.4 Å². The van der Waals surface area contributed by atoms with Crippen LogP contribution in [0.5, 0.6) is 5.75 Å². The molecule has 15 heteroatoms. The Morgan fingerprint density at radius 2 is 1.72 bits per heavy atom. The number of halogens is 5. The molecule has 0 aliphatic rings. The molecule has 2 aromatic heterocycles. The largest absolute Gasteiger partial charge is 0.573 e. The van der Waals surface area contributed by atoms with Crippen molar-refractivity contribution in [1.82, 2.24) is 29.8 Å². The van der Waals surface area contributed by atoms with Gasteiger partial charge in [-0.15, -0.1) is 13.2 Å². The number of hydrogen-bond donors (Lipinski definition) is 2. The summed E-state index contributed by atoms with van der Waals surface area (Å²) in [6, 6.07) is 15.5. The minimum Gasteiger partial charge on any atom is -0.406 e. The number of alkyl halides is 3. The van der Waals surface area contributed by atoms with Crippen molar-refractivity contribution in [3.63, 3.8) is 0 Å². The van der Waals surface area contributed by atoms with Gasteiger partial charge in [-0.2, -0.15) is 0 Å². The summed E-state index contributed by atoms with van der Waals surface area (Å²) in [6.45, 7) is 0.331. The molecule has 1 amide bonds. The molecule has 0 aliphatic carbocycles. The van der Waals surface area contributed by atoms with E-state index in [9.17, 15) is 18.0 Å². The summed E-state index contributed by atoms with van der Waals surface area (Å²) in [5.41, 5.74) is 3.56. The molecule has 3 aromatic carbocycles. The first-order valence-electron chi connectivity index (χ1n) is 11.2. The predicted octanol–water partition coefficient (Wildman–Crippen LogP) is 5.23. The number of nitrogens with one attached hydrogen (secondary N) is 2. The molecule has 0 atom stereocenters. The van der Waals surface area contributed by atoms with Crippen LogP contribution < -0.4 is 15.7 Å². The molecule has 200 valence electrons. The number of aryl methyl sites for hydroxylation is 1. The summed E-state index contributed by atoms with van der Waals surface area (Å²) in [5.74, 6) is -0.628. The van der Waals surface area contributed by atoms with Crippen LogP contribution in [0.2, 0.25) is 10.0 Å². The van der Waals surface area contributed by atoms with Crippen LogP contribution in [0, 0.1) is 0 Å². The van der Waals surface area contributed by atoms with Gasteiger partial charge in [0.15, 0.2) is 0 Å². The Bertz CT molecular complexity index is 1710. The van der Waals surface area contributed by atoms with Gasteiger partial charge in [-0.05, 0) is 64.5 Å². The third kappa shape index (κ3) is 5.89.